The molecule has 1 atom stereocenters. The van der Waals surface area contributed by atoms with Crippen molar-refractivity contribution in [3.8, 4) is 11.8 Å². The van der Waals surface area contributed by atoms with Gasteiger partial charge in [-0.3, -0.25) is 9.59 Å². The zero-order valence-electron chi connectivity index (χ0n) is 16.5. The van der Waals surface area contributed by atoms with E-state index in [0.717, 1.165) is 41.8 Å². The highest BCUT2D eigenvalue weighted by molar-refractivity contribution is 5.94. The third-order valence-electron chi connectivity index (χ3n) is 5.01. The van der Waals surface area contributed by atoms with Gasteiger partial charge in [0.2, 0.25) is 11.8 Å². The highest BCUT2D eigenvalue weighted by atomic mass is 16.2. The van der Waals surface area contributed by atoms with Crippen LogP contribution in [0.1, 0.15) is 55.7 Å². The second-order valence-electron chi connectivity index (χ2n) is 7.04. The van der Waals surface area contributed by atoms with Gasteiger partial charge in [0.05, 0.1) is 5.92 Å². The molecule has 0 aromatic heterocycles. The summed E-state index contributed by atoms with van der Waals surface area (Å²) in [6, 6.07) is 15.6. The first kappa shape index (κ1) is 19.7. The van der Waals surface area contributed by atoms with E-state index in [1.807, 2.05) is 67.3 Å². The second-order valence-corrected chi connectivity index (χ2v) is 7.04. The molecule has 1 fully saturated rings. The highest BCUT2D eigenvalue weighted by Crippen LogP contribution is 2.21. The van der Waals surface area contributed by atoms with Gasteiger partial charge in [0, 0.05) is 36.3 Å². The molecular formula is C24H26N2O2. The Morgan fingerprint density at radius 3 is 2.21 bits per heavy atom. The fourth-order valence-electron chi connectivity index (χ4n) is 3.28. The normalized spacial score (nSPS) is 14.8. The van der Waals surface area contributed by atoms with Gasteiger partial charge in [-0.2, -0.15) is 0 Å². The van der Waals surface area contributed by atoms with Gasteiger partial charge in [-0.1, -0.05) is 24.0 Å². The SMILES string of the molecule is CCNC(=O)[C@H](C)c1ccc(C#Cc2ccc(N3CCCCC3=O)cc2)cc1. The number of hydrogen-bond acceptors (Lipinski definition) is 2. The predicted octanol–water partition coefficient (Wildman–Crippen LogP) is 3.84. The molecule has 1 saturated heterocycles. The molecule has 28 heavy (non-hydrogen) atoms. The number of benzene rings is 2. The second kappa shape index (κ2) is 9.23. The van der Waals surface area contributed by atoms with Crippen molar-refractivity contribution >= 4 is 17.5 Å². The summed E-state index contributed by atoms with van der Waals surface area (Å²) >= 11 is 0. The number of nitrogens with one attached hydrogen (secondary N) is 1. The Kier molecular flexibility index (Phi) is 6.49. The molecule has 2 amide bonds. The van der Waals surface area contributed by atoms with Crippen molar-refractivity contribution in [2.24, 2.45) is 0 Å². The number of carbonyl (C=O) groups excluding carboxylic acids is 2. The molecule has 0 unspecified atom stereocenters. The maximum atomic E-state index is 12.0. The molecule has 1 aliphatic rings. The number of amides is 2. The quantitative estimate of drug-likeness (QED) is 0.827. The molecular weight excluding hydrogens is 348 g/mol. The zero-order chi connectivity index (χ0) is 19.9. The summed E-state index contributed by atoms with van der Waals surface area (Å²) in [6.45, 7) is 5.25. The van der Waals surface area contributed by atoms with E-state index in [4.69, 9.17) is 0 Å². The van der Waals surface area contributed by atoms with E-state index < -0.39 is 0 Å². The van der Waals surface area contributed by atoms with Gasteiger partial charge in [0.15, 0.2) is 0 Å². The van der Waals surface area contributed by atoms with Gasteiger partial charge in [0.25, 0.3) is 0 Å². The first-order valence-corrected chi connectivity index (χ1v) is 9.88. The molecule has 4 nitrogen and oxygen atoms in total. The maximum absolute atomic E-state index is 12.0. The standard InChI is InChI=1S/C24H26N2O2/c1-3-25-24(28)18(2)21-13-9-19(10-14-21)7-8-20-11-15-22(16-12-20)26-17-5-4-6-23(26)27/h9-16,18H,3-6,17H2,1-2H3,(H,25,28)/t18-/m1/s1. The Morgan fingerprint density at radius 1 is 1.04 bits per heavy atom. The third-order valence-corrected chi connectivity index (χ3v) is 5.01. The summed E-state index contributed by atoms with van der Waals surface area (Å²) in [6.07, 6.45) is 2.68. The molecule has 3 rings (SSSR count). The van der Waals surface area contributed by atoms with Crippen molar-refractivity contribution in [2.75, 3.05) is 18.0 Å². The van der Waals surface area contributed by atoms with Crippen LogP contribution in [0.5, 0.6) is 0 Å². The molecule has 0 spiro atoms. The molecule has 0 aliphatic carbocycles. The molecule has 1 heterocycles. The van der Waals surface area contributed by atoms with Crippen LogP contribution in [0.3, 0.4) is 0 Å². The lowest BCUT2D eigenvalue weighted by atomic mass is 9.99. The Bertz CT molecular complexity index is 889. The van der Waals surface area contributed by atoms with Crippen molar-refractivity contribution in [2.45, 2.75) is 39.0 Å². The van der Waals surface area contributed by atoms with Crippen molar-refractivity contribution in [3.05, 3.63) is 65.2 Å². The largest absolute Gasteiger partial charge is 0.356 e. The summed E-state index contributed by atoms with van der Waals surface area (Å²) in [7, 11) is 0. The number of likely N-dealkylation sites (N-methyl/N-ethyl adjacent to an activating group) is 1. The fraction of sp³-hybridized carbons (Fsp3) is 0.333. The predicted molar refractivity (Wildman–Crippen MR) is 112 cm³/mol. The van der Waals surface area contributed by atoms with E-state index >= 15 is 0 Å². The van der Waals surface area contributed by atoms with Gasteiger partial charge >= 0.3 is 0 Å². The molecule has 4 heteroatoms. The minimum Gasteiger partial charge on any atom is -0.356 e. The van der Waals surface area contributed by atoms with E-state index in [9.17, 15) is 9.59 Å². The number of anilines is 1. The first-order valence-electron chi connectivity index (χ1n) is 9.88. The summed E-state index contributed by atoms with van der Waals surface area (Å²) in [5.74, 6) is 6.38. The van der Waals surface area contributed by atoms with Gasteiger partial charge < -0.3 is 10.2 Å². The van der Waals surface area contributed by atoms with E-state index in [1.54, 1.807) is 0 Å². The van der Waals surface area contributed by atoms with Gasteiger partial charge in [-0.25, -0.2) is 0 Å². The van der Waals surface area contributed by atoms with Crippen LogP contribution in [0.25, 0.3) is 0 Å². The number of piperidine rings is 1. The van der Waals surface area contributed by atoms with Crippen LogP contribution in [0.2, 0.25) is 0 Å². The molecule has 2 aromatic carbocycles. The monoisotopic (exact) mass is 374 g/mol. The average Bonchev–Trinajstić information content (AvgIpc) is 2.73. The summed E-state index contributed by atoms with van der Waals surface area (Å²) in [4.78, 5) is 25.8. The number of nitrogens with zero attached hydrogens (tertiary/aromatic N) is 1. The van der Waals surface area contributed by atoms with Crippen LogP contribution < -0.4 is 10.2 Å². The lowest BCUT2D eigenvalue weighted by Gasteiger charge is -2.26. The van der Waals surface area contributed by atoms with Gasteiger partial charge in [0.1, 0.15) is 0 Å². The molecule has 1 aliphatic heterocycles. The van der Waals surface area contributed by atoms with Crippen LogP contribution >= 0.6 is 0 Å². The Labute approximate surface area is 166 Å². The van der Waals surface area contributed by atoms with Crippen LogP contribution in [-0.2, 0) is 9.59 Å². The molecule has 2 aromatic rings. The third kappa shape index (κ3) is 4.80. The Balaban J connectivity index is 1.66. The number of carbonyl (C=O) groups is 2. The van der Waals surface area contributed by atoms with Crippen molar-refractivity contribution in [3.63, 3.8) is 0 Å². The average molecular weight is 374 g/mol. The first-order chi connectivity index (χ1) is 13.6. The molecule has 144 valence electrons. The summed E-state index contributed by atoms with van der Waals surface area (Å²) in [5.41, 5.74) is 3.74. The minimum absolute atomic E-state index is 0.0358. The number of rotatable bonds is 4. The summed E-state index contributed by atoms with van der Waals surface area (Å²) in [5, 5.41) is 2.84. The molecule has 0 radical (unpaired) electrons. The minimum atomic E-state index is -0.174. The van der Waals surface area contributed by atoms with Crippen molar-refractivity contribution < 1.29 is 9.59 Å². The van der Waals surface area contributed by atoms with Crippen LogP contribution in [0, 0.1) is 11.8 Å². The van der Waals surface area contributed by atoms with Crippen molar-refractivity contribution in [1.82, 2.24) is 5.32 Å². The highest BCUT2D eigenvalue weighted by Gasteiger charge is 2.19. The van der Waals surface area contributed by atoms with E-state index in [0.29, 0.717) is 13.0 Å². The van der Waals surface area contributed by atoms with E-state index in [2.05, 4.69) is 17.2 Å². The molecule has 0 bridgehead atoms. The fourth-order valence-corrected chi connectivity index (χ4v) is 3.28. The topological polar surface area (TPSA) is 49.4 Å². The lowest BCUT2D eigenvalue weighted by Crippen LogP contribution is -2.35. The Morgan fingerprint density at radius 2 is 1.64 bits per heavy atom. The Hall–Kier alpha value is -3.06. The number of hydrogen-bond donors (Lipinski definition) is 1. The van der Waals surface area contributed by atoms with E-state index in [1.165, 1.54) is 0 Å². The van der Waals surface area contributed by atoms with E-state index in [-0.39, 0.29) is 17.7 Å². The summed E-state index contributed by atoms with van der Waals surface area (Å²) < 4.78 is 0. The van der Waals surface area contributed by atoms with Crippen LogP contribution in [0.15, 0.2) is 48.5 Å². The van der Waals surface area contributed by atoms with Crippen LogP contribution in [0.4, 0.5) is 5.69 Å². The zero-order valence-corrected chi connectivity index (χ0v) is 16.5. The lowest BCUT2D eigenvalue weighted by molar-refractivity contribution is -0.122. The molecule has 1 N–H and O–H groups in total. The van der Waals surface area contributed by atoms with Gasteiger partial charge in [-0.05, 0) is 68.7 Å². The van der Waals surface area contributed by atoms with Crippen molar-refractivity contribution in [1.29, 1.82) is 0 Å². The maximum Gasteiger partial charge on any atom is 0.227 e. The smallest absolute Gasteiger partial charge is 0.227 e. The molecule has 0 saturated carbocycles. The van der Waals surface area contributed by atoms with Crippen LogP contribution in [-0.4, -0.2) is 24.9 Å². The van der Waals surface area contributed by atoms with Gasteiger partial charge in [-0.15, -0.1) is 0 Å².